The van der Waals surface area contributed by atoms with Gasteiger partial charge in [0.25, 0.3) is 10.0 Å². The van der Waals surface area contributed by atoms with Crippen LogP contribution in [0.2, 0.25) is 0 Å². The van der Waals surface area contributed by atoms with Gasteiger partial charge in [0.15, 0.2) is 0 Å². The molecule has 0 saturated heterocycles. The molecule has 1 aliphatic rings. The van der Waals surface area contributed by atoms with Crippen LogP contribution in [0.3, 0.4) is 0 Å². The van der Waals surface area contributed by atoms with Gasteiger partial charge in [-0.15, -0.1) is 0 Å². The van der Waals surface area contributed by atoms with E-state index in [1.807, 2.05) is 6.07 Å². The Kier molecular flexibility index (Phi) is 6.01. The molecule has 0 fully saturated rings. The fourth-order valence-electron chi connectivity index (χ4n) is 3.51. The van der Waals surface area contributed by atoms with Crippen LogP contribution in [-0.4, -0.2) is 38.6 Å². The number of hydrogen-bond acceptors (Lipinski definition) is 8. The van der Waals surface area contributed by atoms with E-state index in [1.165, 1.54) is 17.7 Å². The number of rotatable bonds is 7. The summed E-state index contributed by atoms with van der Waals surface area (Å²) in [4.78, 5) is 4.29. The van der Waals surface area contributed by atoms with Crippen LogP contribution in [0.5, 0.6) is 17.2 Å². The molecule has 0 saturated carbocycles. The van der Waals surface area contributed by atoms with E-state index in [4.69, 9.17) is 14.2 Å². The second-order valence-electron chi connectivity index (χ2n) is 7.15. The van der Waals surface area contributed by atoms with Crippen LogP contribution in [0.4, 0.5) is 5.13 Å². The van der Waals surface area contributed by atoms with Crippen molar-refractivity contribution in [3.8, 4) is 17.2 Å². The molecule has 1 unspecified atom stereocenters. The van der Waals surface area contributed by atoms with Gasteiger partial charge in [-0.1, -0.05) is 13.0 Å². The lowest BCUT2D eigenvalue weighted by Crippen LogP contribution is -2.31. The summed E-state index contributed by atoms with van der Waals surface area (Å²) in [6, 6.07) is 10.3. The highest BCUT2D eigenvalue weighted by atomic mass is 32.2. The van der Waals surface area contributed by atoms with Crippen molar-refractivity contribution in [2.75, 3.05) is 25.1 Å². The lowest BCUT2D eigenvalue weighted by atomic mass is 9.95. The van der Waals surface area contributed by atoms with Crippen molar-refractivity contribution in [1.29, 1.82) is 0 Å². The first kappa shape index (κ1) is 21.4. The summed E-state index contributed by atoms with van der Waals surface area (Å²) < 4.78 is 49.0. The summed E-state index contributed by atoms with van der Waals surface area (Å²) >= 11 is 1.01. The van der Waals surface area contributed by atoms with Gasteiger partial charge in [0.05, 0.1) is 32.3 Å². The van der Waals surface area contributed by atoms with Crippen LogP contribution < -0.4 is 18.5 Å². The highest BCUT2D eigenvalue weighted by Crippen LogP contribution is 2.37. The van der Waals surface area contributed by atoms with E-state index in [1.54, 1.807) is 37.4 Å². The molecule has 31 heavy (non-hydrogen) atoms. The number of aromatic nitrogens is 2. The van der Waals surface area contributed by atoms with E-state index >= 15 is 0 Å². The SMILES string of the molecule is COc1ccc(CN(c2ncns2)S(=O)(=O)c2ccc3c(c2)OCCC3C)c(OC)c1. The number of methoxy groups -OCH3 is 2. The topological polar surface area (TPSA) is 90.9 Å². The number of benzene rings is 2. The first-order chi connectivity index (χ1) is 14.9. The second-order valence-corrected chi connectivity index (χ2v) is 9.77. The minimum absolute atomic E-state index is 0.0268. The Morgan fingerprint density at radius 1 is 1.19 bits per heavy atom. The van der Waals surface area contributed by atoms with Crippen molar-refractivity contribution in [2.24, 2.45) is 0 Å². The second kappa shape index (κ2) is 8.72. The Bertz CT molecular complexity index is 1170. The normalized spacial score (nSPS) is 15.6. The van der Waals surface area contributed by atoms with Gasteiger partial charge in [0.2, 0.25) is 5.13 Å². The van der Waals surface area contributed by atoms with Gasteiger partial charge in [-0.3, -0.25) is 0 Å². The predicted octanol–water partition coefficient (Wildman–Crippen LogP) is 3.84. The molecule has 0 radical (unpaired) electrons. The minimum Gasteiger partial charge on any atom is -0.497 e. The summed E-state index contributed by atoms with van der Waals surface area (Å²) in [6.45, 7) is 2.71. The molecule has 1 aromatic heterocycles. The molecule has 164 valence electrons. The Labute approximate surface area is 185 Å². The van der Waals surface area contributed by atoms with Crippen LogP contribution in [0.1, 0.15) is 30.4 Å². The number of fused-ring (bicyclic) bond motifs is 1. The maximum Gasteiger partial charge on any atom is 0.266 e. The number of ether oxygens (including phenoxy) is 3. The maximum atomic E-state index is 13.7. The van der Waals surface area contributed by atoms with E-state index in [0.717, 1.165) is 23.5 Å². The summed E-state index contributed by atoms with van der Waals surface area (Å²) in [5.74, 6) is 2.07. The fourth-order valence-corrected chi connectivity index (χ4v) is 5.65. The average Bonchev–Trinajstić information content (AvgIpc) is 3.31. The Balaban J connectivity index is 1.75. The molecular formula is C21H23N3O5S2. The minimum atomic E-state index is -3.94. The van der Waals surface area contributed by atoms with Gasteiger partial charge < -0.3 is 14.2 Å². The average molecular weight is 462 g/mol. The Morgan fingerprint density at radius 2 is 2.03 bits per heavy atom. The van der Waals surface area contributed by atoms with Gasteiger partial charge >= 0.3 is 0 Å². The molecule has 2 heterocycles. The molecule has 0 amide bonds. The monoisotopic (exact) mass is 461 g/mol. The number of nitrogens with zero attached hydrogens (tertiary/aromatic N) is 3. The van der Waals surface area contributed by atoms with Crippen molar-refractivity contribution >= 4 is 26.7 Å². The smallest absolute Gasteiger partial charge is 0.266 e. The quantitative estimate of drug-likeness (QED) is 0.528. The van der Waals surface area contributed by atoms with Crippen molar-refractivity contribution in [1.82, 2.24) is 9.36 Å². The highest BCUT2D eigenvalue weighted by Gasteiger charge is 2.30. The summed E-state index contributed by atoms with van der Waals surface area (Å²) in [5, 5.41) is 0.268. The zero-order valence-electron chi connectivity index (χ0n) is 17.4. The van der Waals surface area contributed by atoms with Crippen molar-refractivity contribution in [2.45, 2.75) is 30.7 Å². The molecule has 3 aromatic rings. The molecule has 0 N–H and O–H groups in total. The van der Waals surface area contributed by atoms with Gasteiger partial charge in [0.1, 0.15) is 23.6 Å². The third-order valence-corrected chi connectivity index (χ3v) is 7.82. The predicted molar refractivity (Wildman–Crippen MR) is 118 cm³/mol. The van der Waals surface area contributed by atoms with Gasteiger partial charge in [-0.05, 0) is 36.1 Å². The van der Waals surface area contributed by atoms with Gasteiger partial charge in [0, 0.05) is 29.2 Å². The molecule has 0 aliphatic carbocycles. The molecule has 2 aromatic carbocycles. The molecule has 0 spiro atoms. The number of hydrogen-bond donors (Lipinski definition) is 0. The molecule has 1 atom stereocenters. The Hall–Kier alpha value is -2.85. The zero-order valence-corrected chi connectivity index (χ0v) is 19.1. The summed E-state index contributed by atoms with van der Waals surface area (Å²) in [6.07, 6.45) is 2.25. The van der Waals surface area contributed by atoms with E-state index in [2.05, 4.69) is 16.3 Å². The van der Waals surface area contributed by atoms with Gasteiger partial charge in [-0.2, -0.15) is 4.37 Å². The lowest BCUT2D eigenvalue weighted by molar-refractivity contribution is 0.271. The standard InChI is InChI=1S/C21H23N3O5S2/c1-14-8-9-29-20-11-17(6-7-18(14)20)31(25,26)24(21-22-13-23-30-21)12-15-4-5-16(27-2)10-19(15)28-3/h4-7,10-11,13-14H,8-9,12H2,1-3H3. The van der Waals surface area contributed by atoms with Crippen molar-refractivity contribution in [3.63, 3.8) is 0 Å². The zero-order chi connectivity index (χ0) is 22.0. The van der Waals surface area contributed by atoms with Crippen LogP contribution in [0.25, 0.3) is 0 Å². The maximum absolute atomic E-state index is 13.7. The van der Waals surface area contributed by atoms with E-state index < -0.39 is 10.0 Å². The molecule has 8 nitrogen and oxygen atoms in total. The lowest BCUT2D eigenvalue weighted by Gasteiger charge is -2.26. The molecule has 4 rings (SSSR count). The number of sulfonamides is 1. The molecule has 10 heteroatoms. The van der Waals surface area contributed by atoms with Crippen molar-refractivity contribution in [3.05, 3.63) is 53.9 Å². The van der Waals surface area contributed by atoms with E-state index in [0.29, 0.717) is 35.3 Å². The van der Waals surface area contributed by atoms with E-state index in [-0.39, 0.29) is 16.6 Å². The highest BCUT2D eigenvalue weighted by molar-refractivity contribution is 7.93. The molecule has 1 aliphatic heterocycles. The third-order valence-electron chi connectivity index (χ3n) is 5.28. The summed E-state index contributed by atoms with van der Waals surface area (Å²) in [5.41, 5.74) is 1.69. The fraction of sp³-hybridized carbons (Fsp3) is 0.333. The third kappa shape index (κ3) is 4.17. The molecule has 0 bridgehead atoms. The van der Waals surface area contributed by atoms with E-state index in [9.17, 15) is 8.42 Å². The largest absolute Gasteiger partial charge is 0.497 e. The summed E-state index contributed by atoms with van der Waals surface area (Å²) in [7, 11) is -0.847. The number of anilines is 1. The van der Waals surface area contributed by atoms with Crippen LogP contribution >= 0.6 is 11.5 Å². The van der Waals surface area contributed by atoms with Crippen LogP contribution in [0.15, 0.2) is 47.6 Å². The first-order valence-corrected chi connectivity index (χ1v) is 11.9. The van der Waals surface area contributed by atoms with Gasteiger partial charge in [-0.25, -0.2) is 17.7 Å². The first-order valence-electron chi connectivity index (χ1n) is 9.71. The van der Waals surface area contributed by atoms with Crippen LogP contribution in [0, 0.1) is 0 Å². The molecular weight excluding hydrogens is 438 g/mol. The van der Waals surface area contributed by atoms with Crippen LogP contribution in [-0.2, 0) is 16.6 Å². The Morgan fingerprint density at radius 3 is 2.74 bits per heavy atom. The van der Waals surface area contributed by atoms with Crippen molar-refractivity contribution < 1.29 is 22.6 Å².